The molecule has 0 spiro atoms. The molecular weight excluding hydrogens is 202 g/mol. The molecule has 0 aromatic carbocycles. The number of nitrogens with one attached hydrogen (secondary N) is 1. The molecule has 1 amide bonds. The average molecular weight is 215 g/mol. The fourth-order valence-electron chi connectivity index (χ4n) is 0.819. The molecule has 0 atom stereocenters. The predicted molar refractivity (Wildman–Crippen MR) is 51.3 cm³/mol. The van der Waals surface area contributed by atoms with Crippen LogP contribution in [0, 0.1) is 0 Å². The molecule has 6 nitrogen and oxygen atoms in total. The van der Waals surface area contributed by atoms with Gasteiger partial charge in [-0.1, -0.05) is 0 Å². The molecule has 0 bridgehead atoms. The van der Waals surface area contributed by atoms with Gasteiger partial charge in [0.25, 0.3) is 0 Å². The fraction of sp³-hybridized carbons (Fsp3) is 0.444. The first-order valence-corrected chi connectivity index (χ1v) is 4.43. The number of carbonyl (C=O) groups excluding carboxylic acids is 1. The maximum absolute atomic E-state index is 10.9. The monoisotopic (exact) mass is 215 g/mol. The molecule has 0 aliphatic rings. The summed E-state index contributed by atoms with van der Waals surface area (Å²) in [5.41, 5.74) is 0. The summed E-state index contributed by atoms with van der Waals surface area (Å²) in [6.07, 6.45) is 2.77. The average Bonchev–Trinajstić information content (AvgIpc) is 2.13. The van der Waals surface area contributed by atoms with Gasteiger partial charge in [-0.3, -0.25) is 9.59 Å². The molecule has 0 aromatic rings. The Morgan fingerprint density at radius 1 is 1.07 bits per heavy atom. The van der Waals surface area contributed by atoms with Gasteiger partial charge in [0.2, 0.25) is 5.91 Å². The first-order chi connectivity index (χ1) is 7.02. The van der Waals surface area contributed by atoms with Gasteiger partial charge in [-0.15, -0.1) is 0 Å². The molecule has 6 heteroatoms. The smallest absolute Gasteiger partial charge is 0.328 e. The van der Waals surface area contributed by atoms with Crippen LogP contribution in [0.5, 0.6) is 0 Å². The second-order valence-corrected chi connectivity index (χ2v) is 2.81. The van der Waals surface area contributed by atoms with E-state index >= 15 is 0 Å². The summed E-state index contributed by atoms with van der Waals surface area (Å²) >= 11 is 0. The topological polar surface area (TPSA) is 104 Å². The van der Waals surface area contributed by atoms with Crippen LogP contribution in [0.2, 0.25) is 0 Å². The molecule has 0 fully saturated rings. The lowest BCUT2D eigenvalue weighted by Gasteiger charge is -1.99. The van der Waals surface area contributed by atoms with Crippen LogP contribution in [-0.2, 0) is 14.4 Å². The summed E-state index contributed by atoms with van der Waals surface area (Å²) in [4.78, 5) is 31.0. The van der Waals surface area contributed by atoms with E-state index in [0.29, 0.717) is 19.4 Å². The maximum atomic E-state index is 10.9. The van der Waals surface area contributed by atoms with E-state index in [-0.39, 0.29) is 6.42 Å². The zero-order valence-electron chi connectivity index (χ0n) is 8.10. The van der Waals surface area contributed by atoms with E-state index in [1.807, 2.05) is 0 Å². The summed E-state index contributed by atoms with van der Waals surface area (Å²) < 4.78 is 0. The minimum atomic E-state index is -1.18. The van der Waals surface area contributed by atoms with Gasteiger partial charge < -0.3 is 15.5 Å². The van der Waals surface area contributed by atoms with Gasteiger partial charge in [0, 0.05) is 25.1 Å². The van der Waals surface area contributed by atoms with Crippen molar-refractivity contribution in [1.82, 2.24) is 5.32 Å². The molecule has 84 valence electrons. The van der Waals surface area contributed by atoms with E-state index in [9.17, 15) is 14.4 Å². The molecule has 0 heterocycles. The highest BCUT2D eigenvalue weighted by atomic mass is 16.4. The molecule has 0 aliphatic carbocycles. The van der Waals surface area contributed by atoms with Crippen molar-refractivity contribution in [3.05, 3.63) is 12.2 Å². The van der Waals surface area contributed by atoms with Crippen LogP contribution in [-0.4, -0.2) is 34.6 Å². The molecule has 0 aromatic heterocycles. The van der Waals surface area contributed by atoms with Gasteiger partial charge in [-0.05, 0) is 12.8 Å². The first kappa shape index (κ1) is 13.2. The lowest BCUT2D eigenvalue weighted by molar-refractivity contribution is -0.137. The highest BCUT2D eigenvalue weighted by molar-refractivity contribution is 5.93. The third-order valence-corrected chi connectivity index (χ3v) is 1.49. The van der Waals surface area contributed by atoms with Crippen molar-refractivity contribution >= 4 is 17.8 Å². The van der Waals surface area contributed by atoms with E-state index in [0.717, 1.165) is 12.2 Å². The standard InChI is InChI=1S/C9H13NO5/c11-7(4-5-9(14)15)10-6-2-1-3-8(12)13/h4-5H,1-3,6H2,(H,10,11)(H,12,13)(H,14,15)/b5-4-. The normalized spacial score (nSPS) is 10.1. The number of aliphatic carboxylic acids is 2. The number of carboxylic acids is 2. The molecule has 3 N–H and O–H groups in total. The SMILES string of the molecule is O=C(O)/C=C\C(=O)NCCCCC(=O)O. The van der Waals surface area contributed by atoms with E-state index in [1.54, 1.807) is 0 Å². The summed E-state index contributed by atoms with van der Waals surface area (Å²) in [5, 5.41) is 18.9. The molecular formula is C9H13NO5. The lowest BCUT2D eigenvalue weighted by Crippen LogP contribution is -2.22. The second-order valence-electron chi connectivity index (χ2n) is 2.81. The molecule has 0 saturated carbocycles. The summed E-state index contributed by atoms with van der Waals surface area (Å²) in [5.74, 6) is -2.55. The minimum absolute atomic E-state index is 0.0703. The van der Waals surface area contributed by atoms with Crippen molar-refractivity contribution < 1.29 is 24.6 Å². The number of unbranched alkanes of at least 4 members (excludes halogenated alkanes) is 1. The van der Waals surface area contributed by atoms with E-state index in [2.05, 4.69) is 5.32 Å². The molecule has 0 unspecified atom stereocenters. The van der Waals surface area contributed by atoms with Gasteiger partial charge >= 0.3 is 11.9 Å². The number of carboxylic acid groups (broad SMARTS) is 2. The van der Waals surface area contributed by atoms with Crippen LogP contribution in [0.3, 0.4) is 0 Å². The van der Waals surface area contributed by atoms with Crippen molar-refractivity contribution in [3.8, 4) is 0 Å². The van der Waals surface area contributed by atoms with Gasteiger partial charge in [-0.25, -0.2) is 4.79 Å². The highest BCUT2D eigenvalue weighted by Crippen LogP contribution is 1.93. The Labute approximate surface area is 86.6 Å². The second kappa shape index (κ2) is 7.54. The predicted octanol–water partition coefficient (Wildman–Crippen LogP) is -0.00170. The summed E-state index contributed by atoms with van der Waals surface area (Å²) in [6.45, 7) is 0.343. The molecule has 0 radical (unpaired) electrons. The molecule has 15 heavy (non-hydrogen) atoms. The highest BCUT2D eigenvalue weighted by Gasteiger charge is 1.98. The number of rotatable bonds is 7. The van der Waals surface area contributed by atoms with Crippen LogP contribution in [0.25, 0.3) is 0 Å². The van der Waals surface area contributed by atoms with E-state index in [4.69, 9.17) is 10.2 Å². The Kier molecular flexibility index (Phi) is 6.61. The van der Waals surface area contributed by atoms with Crippen molar-refractivity contribution in [3.63, 3.8) is 0 Å². The van der Waals surface area contributed by atoms with Crippen LogP contribution >= 0.6 is 0 Å². The van der Waals surface area contributed by atoms with Crippen molar-refractivity contribution in [2.45, 2.75) is 19.3 Å². The zero-order valence-corrected chi connectivity index (χ0v) is 8.10. The summed E-state index contributed by atoms with van der Waals surface area (Å²) in [7, 11) is 0. The zero-order chi connectivity index (χ0) is 11.7. The number of amides is 1. The Hall–Kier alpha value is -1.85. The molecule has 0 saturated heterocycles. The number of hydrogen-bond donors (Lipinski definition) is 3. The number of carbonyl (C=O) groups is 3. The van der Waals surface area contributed by atoms with Crippen molar-refractivity contribution in [1.29, 1.82) is 0 Å². The van der Waals surface area contributed by atoms with E-state index in [1.165, 1.54) is 0 Å². The van der Waals surface area contributed by atoms with Gasteiger partial charge in [-0.2, -0.15) is 0 Å². The van der Waals surface area contributed by atoms with Crippen LogP contribution in [0.1, 0.15) is 19.3 Å². The Morgan fingerprint density at radius 3 is 2.27 bits per heavy atom. The largest absolute Gasteiger partial charge is 0.481 e. The van der Waals surface area contributed by atoms with Gasteiger partial charge in [0.05, 0.1) is 0 Å². The molecule has 0 aliphatic heterocycles. The van der Waals surface area contributed by atoms with Crippen molar-refractivity contribution in [2.75, 3.05) is 6.54 Å². The van der Waals surface area contributed by atoms with Gasteiger partial charge in [0.15, 0.2) is 0 Å². The van der Waals surface area contributed by atoms with Crippen LogP contribution < -0.4 is 5.32 Å². The maximum Gasteiger partial charge on any atom is 0.328 e. The van der Waals surface area contributed by atoms with Gasteiger partial charge in [0.1, 0.15) is 0 Å². The van der Waals surface area contributed by atoms with E-state index < -0.39 is 17.8 Å². The number of hydrogen-bond acceptors (Lipinski definition) is 3. The first-order valence-electron chi connectivity index (χ1n) is 4.43. The third kappa shape index (κ3) is 10.1. The lowest BCUT2D eigenvalue weighted by atomic mass is 10.2. The third-order valence-electron chi connectivity index (χ3n) is 1.49. The Bertz CT molecular complexity index is 272. The summed E-state index contributed by atoms with van der Waals surface area (Å²) in [6, 6.07) is 0. The Morgan fingerprint density at radius 2 is 1.73 bits per heavy atom. The molecule has 0 rings (SSSR count). The fourth-order valence-corrected chi connectivity index (χ4v) is 0.819. The van der Waals surface area contributed by atoms with Crippen LogP contribution in [0.4, 0.5) is 0 Å². The van der Waals surface area contributed by atoms with Crippen LogP contribution in [0.15, 0.2) is 12.2 Å². The quantitative estimate of drug-likeness (QED) is 0.409. The van der Waals surface area contributed by atoms with Crippen molar-refractivity contribution in [2.24, 2.45) is 0 Å². The Balaban J connectivity index is 3.47. The minimum Gasteiger partial charge on any atom is -0.481 e.